The quantitative estimate of drug-likeness (QED) is 0.615. The minimum atomic E-state index is -0.269. The molecule has 2 amide bonds. The normalized spacial score (nSPS) is 9.70. The standard InChI is InChI=1S/C14H16Cl2N2O2/c1-3-7-18(8-4-2)14(19)17-10-20-13-6-5-11(15)9-12(13)16/h3-6,9H,1-2,7-8,10H2,(H,17,19). The van der Waals surface area contributed by atoms with Gasteiger partial charge in [0.2, 0.25) is 0 Å². The zero-order valence-electron chi connectivity index (χ0n) is 10.9. The van der Waals surface area contributed by atoms with Crippen molar-refractivity contribution in [3.63, 3.8) is 0 Å². The van der Waals surface area contributed by atoms with Crippen LogP contribution in [0.3, 0.4) is 0 Å². The summed E-state index contributed by atoms with van der Waals surface area (Å²) in [5, 5.41) is 3.53. The van der Waals surface area contributed by atoms with E-state index in [-0.39, 0.29) is 12.8 Å². The summed E-state index contributed by atoms with van der Waals surface area (Å²) in [6.45, 7) is 8.06. The molecule has 4 nitrogen and oxygen atoms in total. The molecule has 0 heterocycles. The van der Waals surface area contributed by atoms with E-state index in [1.54, 1.807) is 30.4 Å². The SMILES string of the molecule is C=CCN(CC=C)C(=O)NCOc1ccc(Cl)cc1Cl. The van der Waals surface area contributed by atoms with Gasteiger partial charge in [-0.1, -0.05) is 35.4 Å². The molecule has 0 radical (unpaired) electrons. The van der Waals surface area contributed by atoms with Gasteiger partial charge in [0, 0.05) is 18.1 Å². The molecule has 1 aromatic rings. The van der Waals surface area contributed by atoms with Crippen LogP contribution in [0.5, 0.6) is 5.75 Å². The number of rotatable bonds is 7. The van der Waals surface area contributed by atoms with Gasteiger partial charge in [-0.3, -0.25) is 0 Å². The molecular formula is C14H16Cl2N2O2. The molecule has 0 aliphatic rings. The summed E-state index contributed by atoms with van der Waals surface area (Å²) in [6.07, 6.45) is 3.28. The van der Waals surface area contributed by atoms with E-state index in [1.165, 1.54) is 4.90 Å². The van der Waals surface area contributed by atoms with Crippen molar-refractivity contribution < 1.29 is 9.53 Å². The Morgan fingerprint density at radius 1 is 1.30 bits per heavy atom. The summed E-state index contributed by atoms with van der Waals surface area (Å²) in [6, 6.07) is 4.60. The molecule has 0 unspecified atom stereocenters. The highest BCUT2D eigenvalue weighted by molar-refractivity contribution is 6.35. The van der Waals surface area contributed by atoms with Gasteiger partial charge in [0.05, 0.1) is 5.02 Å². The fourth-order valence-electron chi connectivity index (χ4n) is 1.43. The molecule has 0 fully saturated rings. The Kier molecular flexibility index (Phi) is 6.98. The third-order valence-electron chi connectivity index (χ3n) is 2.33. The van der Waals surface area contributed by atoms with Gasteiger partial charge < -0.3 is 15.0 Å². The van der Waals surface area contributed by atoms with E-state index in [4.69, 9.17) is 27.9 Å². The number of ether oxygens (including phenoxy) is 1. The highest BCUT2D eigenvalue weighted by atomic mass is 35.5. The second kappa shape index (κ2) is 8.51. The second-order valence-electron chi connectivity index (χ2n) is 3.83. The Morgan fingerprint density at radius 3 is 2.50 bits per heavy atom. The third kappa shape index (κ3) is 5.15. The predicted octanol–water partition coefficient (Wildman–Crippen LogP) is 3.71. The van der Waals surface area contributed by atoms with Crippen molar-refractivity contribution in [3.05, 3.63) is 53.6 Å². The molecule has 6 heteroatoms. The number of benzene rings is 1. The monoisotopic (exact) mass is 314 g/mol. The van der Waals surface area contributed by atoms with Crippen LogP contribution in [0.4, 0.5) is 4.79 Å². The molecule has 0 aliphatic heterocycles. The summed E-state index contributed by atoms with van der Waals surface area (Å²) >= 11 is 11.7. The van der Waals surface area contributed by atoms with E-state index in [0.717, 1.165) is 0 Å². The fraction of sp³-hybridized carbons (Fsp3) is 0.214. The average molecular weight is 315 g/mol. The van der Waals surface area contributed by atoms with Gasteiger partial charge in [-0.05, 0) is 18.2 Å². The molecule has 0 spiro atoms. The first-order chi connectivity index (χ1) is 9.58. The highest BCUT2D eigenvalue weighted by Crippen LogP contribution is 2.27. The van der Waals surface area contributed by atoms with E-state index in [0.29, 0.717) is 28.9 Å². The first-order valence-corrected chi connectivity index (χ1v) is 6.66. The number of hydrogen-bond acceptors (Lipinski definition) is 2. The number of urea groups is 1. The van der Waals surface area contributed by atoms with Crippen molar-refractivity contribution in [1.82, 2.24) is 10.2 Å². The van der Waals surface area contributed by atoms with E-state index >= 15 is 0 Å². The van der Waals surface area contributed by atoms with Crippen molar-refractivity contribution in [2.24, 2.45) is 0 Å². The third-order valence-corrected chi connectivity index (χ3v) is 2.86. The lowest BCUT2D eigenvalue weighted by molar-refractivity contribution is 0.193. The van der Waals surface area contributed by atoms with Crippen LogP contribution in [0.25, 0.3) is 0 Å². The van der Waals surface area contributed by atoms with Crippen LogP contribution in [0.2, 0.25) is 10.0 Å². The number of carbonyl (C=O) groups is 1. The minimum Gasteiger partial charge on any atom is -0.472 e. The number of nitrogens with one attached hydrogen (secondary N) is 1. The maximum absolute atomic E-state index is 11.8. The maximum Gasteiger partial charge on any atom is 0.320 e. The van der Waals surface area contributed by atoms with Gasteiger partial charge in [0.1, 0.15) is 5.75 Å². The molecule has 1 rings (SSSR count). The van der Waals surface area contributed by atoms with Gasteiger partial charge in [-0.25, -0.2) is 4.79 Å². The summed E-state index contributed by atoms with van der Waals surface area (Å²) in [5.74, 6) is 0.454. The predicted molar refractivity (Wildman–Crippen MR) is 82.5 cm³/mol. The van der Waals surface area contributed by atoms with Gasteiger partial charge in [0.15, 0.2) is 6.73 Å². The molecular weight excluding hydrogens is 299 g/mol. The summed E-state index contributed by atoms with van der Waals surface area (Å²) in [5.41, 5.74) is 0. The van der Waals surface area contributed by atoms with Crippen molar-refractivity contribution >= 4 is 29.2 Å². The topological polar surface area (TPSA) is 41.6 Å². The fourth-order valence-corrected chi connectivity index (χ4v) is 1.89. The second-order valence-corrected chi connectivity index (χ2v) is 4.67. The number of hydrogen-bond donors (Lipinski definition) is 1. The van der Waals surface area contributed by atoms with Crippen LogP contribution in [0, 0.1) is 0 Å². The van der Waals surface area contributed by atoms with Gasteiger partial charge in [-0.2, -0.15) is 0 Å². The lowest BCUT2D eigenvalue weighted by Crippen LogP contribution is -2.41. The molecule has 0 aromatic heterocycles. The Morgan fingerprint density at radius 2 is 1.95 bits per heavy atom. The first kappa shape index (κ1) is 16.4. The number of halogens is 2. The highest BCUT2D eigenvalue weighted by Gasteiger charge is 2.10. The van der Waals surface area contributed by atoms with E-state index in [9.17, 15) is 4.79 Å². The van der Waals surface area contributed by atoms with Crippen molar-refractivity contribution in [2.75, 3.05) is 19.8 Å². The Labute approximate surface area is 128 Å². The van der Waals surface area contributed by atoms with Gasteiger partial charge >= 0.3 is 6.03 Å². The van der Waals surface area contributed by atoms with Crippen LogP contribution in [-0.4, -0.2) is 30.8 Å². The van der Waals surface area contributed by atoms with Crippen molar-refractivity contribution in [3.8, 4) is 5.75 Å². The van der Waals surface area contributed by atoms with Crippen LogP contribution >= 0.6 is 23.2 Å². The molecule has 20 heavy (non-hydrogen) atoms. The average Bonchev–Trinajstić information content (AvgIpc) is 2.41. The van der Waals surface area contributed by atoms with E-state index < -0.39 is 0 Å². The summed E-state index contributed by atoms with van der Waals surface area (Å²) in [7, 11) is 0. The number of nitrogens with zero attached hydrogens (tertiary/aromatic N) is 1. The Bertz CT molecular complexity index is 482. The zero-order valence-corrected chi connectivity index (χ0v) is 12.5. The van der Waals surface area contributed by atoms with Crippen LogP contribution in [0.1, 0.15) is 0 Å². The summed E-state index contributed by atoms with van der Waals surface area (Å²) in [4.78, 5) is 13.4. The van der Waals surface area contributed by atoms with Crippen molar-refractivity contribution in [1.29, 1.82) is 0 Å². The summed E-state index contributed by atoms with van der Waals surface area (Å²) < 4.78 is 5.37. The Hall–Kier alpha value is -1.65. The van der Waals surface area contributed by atoms with E-state index in [2.05, 4.69) is 18.5 Å². The van der Waals surface area contributed by atoms with E-state index in [1.807, 2.05) is 0 Å². The molecule has 0 atom stereocenters. The lowest BCUT2D eigenvalue weighted by atomic mass is 10.3. The first-order valence-electron chi connectivity index (χ1n) is 5.91. The van der Waals surface area contributed by atoms with Crippen LogP contribution in [-0.2, 0) is 0 Å². The molecule has 0 saturated heterocycles. The van der Waals surface area contributed by atoms with Crippen LogP contribution < -0.4 is 10.1 Å². The molecule has 1 aromatic carbocycles. The molecule has 0 bridgehead atoms. The van der Waals surface area contributed by atoms with Crippen LogP contribution in [0.15, 0.2) is 43.5 Å². The molecule has 108 valence electrons. The maximum atomic E-state index is 11.8. The Balaban J connectivity index is 2.48. The van der Waals surface area contributed by atoms with Gasteiger partial charge in [0.25, 0.3) is 0 Å². The molecule has 0 aliphatic carbocycles. The number of amides is 2. The molecule has 1 N–H and O–H groups in total. The van der Waals surface area contributed by atoms with Gasteiger partial charge in [-0.15, -0.1) is 13.2 Å². The zero-order chi connectivity index (χ0) is 15.0. The minimum absolute atomic E-state index is 0.00493. The number of carbonyl (C=O) groups excluding carboxylic acids is 1. The van der Waals surface area contributed by atoms with Crippen molar-refractivity contribution in [2.45, 2.75) is 0 Å². The molecule has 0 saturated carbocycles. The lowest BCUT2D eigenvalue weighted by Gasteiger charge is -2.20. The smallest absolute Gasteiger partial charge is 0.320 e. The largest absolute Gasteiger partial charge is 0.472 e.